The lowest BCUT2D eigenvalue weighted by molar-refractivity contribution is 0.187. The van der Waals surface area contributed by atoms with Crippen LogP contribution in [0.15, 0.2) is 60.7 Å². The zero-order chi connectivity index (χ0) is 20.3. The normalized spacial score (nSPS) is 16.7. The van der Waals surface area contributed by atoms with E-state index in [-0.39, 0.29) is 11.6 Å². The Hall–Kier alpha value is -2.73. The minimum Gasteiger partial charge on any atom is -0.369 e. The minimum absolute atomic E-state index is 0.0509. The first-order valence-electron chi connectivity index (χ1n) is 10.5. The van der Waals surface area contributed by atoms with E-state index < -0.39 is 0 Å². The second-order valence-corrected chi connectivity index (χ2v) is 8.29. The van der Waals surface area contributed by atoms with Crippen LogP contribution in [-0.4, -0.2) is 51.3 Å². The molecule has 0 amide bonds. The lowest BCUT2D eigenvalue weighted by atomic mass is 9.99. The van der Waals surface area contributed by atoms with Gasteiger partial charge in [-0.2, -0.15) is 0 Å². The van der Waals surface area contributed by atoms with Gasteiger partial charge in [-0.1, -0.05) is 55.5 Å². The third-order valence-corrected chi connectivity index (χ3v) is 6.09. The topological polar surface area (TPSA) is 50.1 Å². The number of hydrogen-bond donors (Lipinski definition) is 0. The van der Waals surface area contributed by atoms with Gasteiger partial charge in [0.2, 0.25) is 0 Å². The van der Waals surface area contributed by atoms with Crippen LogP contribution in [0.5, 0.6) is 0 Å². The van der Waals surface area contributed by atoms with Gasteiger partial charge in [-0.3, -0.25) is 4.90 Å². The fraction of sp³-hybridized carbons (Fsp3) is 0.435. The van der Waals surface area contributed by atoms with Gasteiger partial charge >= 0.3 is 0 Å². The monoisotopic (exact) mass is 390 g/mol. The predicted molar refractivity (Wildman–Crippen MR) is 116 cm³/mol. The van der Waals surface area contributed by atoms with Crippen LogP contribution in [0.3, 0.4) is 0 Å². The molecule has 4 rings (SSSR count). The molecule has 3 aromatic rings. The van der Waals surface area contributed by atoms with Crippen molar-refractivity contribution in [3.8, 4) is 0 Å². The summed E-state index contributed by atoms with van der Waals surface area (Å²) in [6.07, 6.45) is 0.967. The molecule has 0 spiro atoms. The Labute approximate surface area is 173 Å². The summed E-state index contributed by atoms with van der Waals surface area (Å²) in [6.45, 7) is 10.5. The van der Waals surface area contributed by atoms with Crippen molar-refractivity contribution in [1.29, 1.82) is 0 Å². The molecule has 1 aliphatic heterocycles. The highest BCUT2D eigenvalue weighted by Crippen LogP contribution is 2.31. The van der Waals surface area contributed by atoms with Crippen molar-refractivity contribution < 1.29 is 0 Å². The smallest absolute Gasteiger partial charge is 0.173 e. The SMILES string of the molecule is CCC(C)(C)n1nnnc1[C@H](c1ccccc1)N1CCN(c2ccccc2)CC1. The number of aromatic nitrogens is 4. The van der Waals surface area contributed by atoms with Crippen LogP contribution in [-0.2, 0) is 5.54 Å². The quantitative estimate of drug-likeness (QED) is 0.642. The van der Waals surface area contributed by atoms with Crippen LogP contribution >= 0.6 is 0 Å². The molecule has 0 aliphatic carbocycles. The van der Waals surface area contributed by atoms with E-state index >= 15 is 0 Å². The molecular weight excluding hydrogens is 360 g/mol. The standard InChI is InChI=1S/C23H30N6/c1-4-23(2,3)29-22(24-25-26-29)21(19-11-7-5-8-12-19)28-17-15-27(16-18-28)20-13-9-6-10-14-20/h5-14,21H,4,15-18H2,1-3H3/t21-/m0/s1. The van der Waals surface area contributed by atoms with E-state index in [4.69, 9.17) is 0 Å². The first kappa shape index (κ1) is 19.6. The van der Waals surface area contributed by atoms with Crippen molar-refractivity contribution in [3.05, 3.63) is 72.1 Å². The van der Waals surface area contributed by atoms with Gasteiger partial charge in [-0.15, -0.1) is 5.10 Å². The van der Waals surface area contributed by atoms with E-state index in [1.807, 2.05) is 4.68 Å². The van der Waals surface area contributed by atoms with E-state index in [0.29, 0.717) is 0 Å². The van der Waals surface area contributed by atoms with Gasteiger partial charge in [0, 0.05) is 31.9 Å². The van der Waals surface area contributed by atoms with E-state index in [2.05, 4.69) is 107 Å². The maximum Gasteiger partial charge on any atom is 0.173 e. The van der Waals surface area contributed by atoms with Gasteiger partial charge < -0.3 is 4.90 Å². The van der Waals surface area contributed by atoms with Crippen molar-refractivity contribution in [2.24, 2.45) is 0 Å². The van der Waals surface area contributed by atoms with E-state index in [9.17, 15) is 0 Å². The second kappa shape index (κ2) is 8.33. The number of nitrogens with zero attached hydrogens (tertiary/aromatic N) is 6. The second-order valence-electron chi connectivity index (χ2n) is 8.29. The highest BCUT2D eigenvalue weighted by atomic mass is 15.6. The van der Waals surface area contributed by atoms with Crippen molar-refractivity contribution in [2.75, 3.05) is 31.1 Å². The summed E-state index contributed by atoms with van der Waals surface area (Å²) in [5, 5.41) is 13.0. The summed E-state index contributed by atoms with van der Waals surface area (Å²) >= 11 is 0. The zero-order valence-corrected chi connectivity index (χ0v) is 17.6. The van der Waals surface area contributed by atoms with Crippen LogP contribution in [0.2, 0.25) is 0 Å². The maximum absolute atomic E-state index is 4.51. The lowest BCUT2D eigenvalue weighted by Gasteiger charge is -2.40. The summed E-state index contributed by atoms with van der Waals surface area (Å²) in [5.41, 5.74) is 2.40. The van der Waals surface area contributed by atoms with Gasteiger partial charge in [0.05, 0.1) is 11.6 Å². The average Bonchev–Trinajstić information content (AvgIpc) is 3.26. The number of rotatable bonds is 6. The Morgan fingerprint density at radius 3 is 2.14 bits per heavy atom. The summed E-state index contributed by atoms with van der Waals surface area (Å²) < 4.78 is 2.02. The van der Waals surface area contributed by atoms with Gasteiger partial charge in [-0.05, 0) is 48.4 Å². The van der Waals surface area contributed by atoms with E-state index in [0.717, 1.165) is 38.4 Å². The summed E-state index contributed by atoms with van der Waals surface area (Å²) in [5.74, 6) is 0.927. The van der Waals surface area contributed by atoms with Crippen LogP contribution in [0.4, 0.5) is 5.69 Å². The van der Waals surface area contributed by atoms with E-state index in [1.54, 1.807) is 0 Å². The minimum atomic E-state index is -0.127. The average molecular weight is 391 g/mol. The Bertz CT molecular complexity index is 897. The third-order valence-electron chi connectivity index (χ3n) is 6.09. The molecule has 1 atom stereocenters. The zero-order valence-electron chi connectivity index (χ0n) is 17.6. The van der Waals surface area contributed by atoms with Crippen LogP contribution in [0.25, 0.3) is 0 Å². The van der Waals surface area contributed by atoms with Crippen molar-refractivity contribution in [2.45, 2.75) is 38.8 Å². The van der Waals surface area contributed by atoms with Gasteiger partial charge in [0.15, 0.2) is 5.82 Å². The summed E-state index contributed by atoms with van der Waals surface area (Å²) in [4.78, 5) is 4.97. The van der Waals surface area contributed by atoms with Gasteiger partial charge in [0.25, 0.3) is 0 Å². The first-order valence-corrected chi connectivity index (χ1v) is 10.5. The molecule has 0 saturated carbocycles. The number of para-hydroxylation sites is 1. The molecule has 0 unspecified atom stereocenters. The number of anilines is 1. The maximum atomic E-state index is 4.51. The Morgan fingerprint density at radius 2 is 1.52 bits per heavy atom. The molecule has 152 valence electrons. The van der Waals surface area contributed by atoms with Crippen molar-refractivity contribution in [1.82, 2.24) is 25.1 Å². The molecule has 2 aromatic carbocycles. The van der Waals surface area contributed by atoms with E-state index in [1.165, 1.54) is 11.3 Å². The largest absolute Gasteiger partial charge is 0.369 e. The van der Waals surface area contributed by atoms with Crippen LogP contribution in [0, 0.1) is 0 Å². The number of piperazine rings is 1. The highest BCUT2D eigenvalue weighted by Gasteiger charge is 2.34. The van der Waals surface area contributed by atoms with Crippen molar-refractivity contribution in [3.63, 3.8) is 0 Å². The Balaban J connectivity index is 1.63. The fourth-order valence-electron chi connectivity index (χ4n) is 3.98. The van der Waals surface area contributed by atoms with Crippen LogP contribution < -0.4 is 4.90 Å². The van der Waals surface area contributed by atoms with Gasteiger partial charge in [0.1, 0.15) is 0 Å². The number of hydrogen-bond acceptors (Lipinski definition) is 5. The Morgan fingerprint density at radius 1 is 0.897 bits per heavy atom. The van der Waals surface area contributed by atoms with Crippen molar-refractivity contribution >= 4 is 5.69 Å². The van der Waals surface area contributed by atoms with Gasteiger partial charge in [-0.25, -0.2) is 4.68 Å². The number of tetrazole rings is 1. The molecule has 6 heteroatoms. The Kier molecular flexibility index (Phi) is 5.62. The highest BCUT2D eigenvalue weighted by molar-refractivity contribution is 5.46. The lowest BCUT2D eigenvalue weighted by Crippen LogP contribution is -2.48. The fourth-order valence-corrected chi connectivity index (χ4v) is 3.98. The molecular formula is C23H30N6. The molecule has 0 N–H and O–H groups in total. The molecule has 0 radical (unpaired) electrons. The van der Waals surface area contributed by atoms with Crippen LogP contribution in [0.1, 0.15) is 44.6 Å². The summed E-state index contributed by atoms with van der Waals surface area (Å²) in [7, 11) is 0. The number of benzene rings is 2. The molecule has 1 aromatic heterocycles. The molecule has 29 heavy (non-hydrogen) atoms. The molecule has 1 aliphatic rings. The third kappa shape index (κ3) is 4.03. The molecule has 2 heterocycles. The first-order chi connectivity index (χ1) is 14.1. The molecule has 6 nitrogen and oxygen atoms in total. The molecule has 1 saturated heterocycles. The summed E-state index contributed by atoms with van der Waals surface area (Å²) in [6, 6.07) is 21.3. The molecule has 1 fully saturated rings. The molecule has 0 bridgehead atoms. The predicted octanol–water partition coefficient (Wildman–Crippen LogP) is 3.73.